The SMILES string of the molecule is C=C[C@H]1CN2CC[C@H]1C[C@@H]2[C@H]([N-]P(=O)(c1ccccc1)c1ccccc1)c1ccnc2ccc(OC)cc12.[CH2-]C.[Zn+2]. The number of pyridine rings is 1. The van der Waals surface area contributed by atoms with Crippen LogP contribution >= 0.6 is 7.29 Å². The summed E-state index contributed by atoms with van der Waals surface area (Å²) in [5.41, 5.74) is 1.94. The van der Waals surface area contributed by atoms with E-state index in [1.165, 1.54) is 6.42 Å². The summed E-state index contributed by atoms with van der Waals surface area (Å²) >= 11 is 0. The number of hydrogen-bond acceptors (Lipinski definition) is 4. The molecule has 2 bridgehead atoms. The molecule has 0 spiro atoms. The maximum Gasteiger partial charge on any atom is 2.00 e. The molecule has 3 aromatic carbocycles. The van der Waals surface area contributed by atoms with E-state index in [-0.39, 0.29) is 31.6 Å². The standard InChI is InChI=1S/C32H33N3O2P.C2H5.Zn/c1-3-23-22-35-19-17-24(23)20-31(35)32(28-16-18-33-30-15-14-25(37-2)21-29(28)30)34-38(36,26-10-6-4-7-11-26)27-12-8-5-9-13-27;1-2;/h3-16,18,21,23-24,31-32H,1,17,19-20,22H2,2H3;1H2,2H3;/q2*-1;+2/t23-,24-,31+,32+;;/m0../s1. The fraction of sp³-hybridized carbons (Fsp3) is 0.294. The van der Waals surface area contributed by atoms with Crippen LogP contribution in [0.15, 0.2) is 104 Å². The second-order valence-electron chi connectivity index (χ2n) is 10.3. The first kappa shape index (κ1) is 31.3. The number of fused-ring (bicyclic) bond motifs is 4. The van der Waals surface area contributed by atoms with Crippen molar-refractivity contribution in [2.45, 2.75) is 31.8 Å². The predicted octanol–water partition coefficient (Wildman–Crippen LogP) is 7.32. The van der Waals surface area contributed by atoms with Crippen LogP contribution in [-0.4, -0.2) is 36.1 Å². The first-order valence-corrected chi connectivity index (χ1v) is 15.7. The van der Waals surface area contributed by atoms with Crippen LogP contribution in [0.5, 0.6) is 5.75 Å². The zero-order chi connectivity index (χ0) is 28.1. The fourth-order valence-electron chi connectivity index (χ4n) is 6.30. The van der Waals surface area contributed by atoms with Gasteiger partial charge in [0.05, 0.1) is 19.9 Å². The smallest absolute Gasteiger partial charge is 0.588 e. The van der Waals surface area contributed by atoms with Crippen LogP contribution in [-0.2, 0) is 24.0 Å². The second-order valence-corrected chi connectivity index (χ2v) is 12.8. The number of nitrogens with zero attached hydrogens (tertiary/aromatic N) is 3. The van der Waals surface area contributed by atoms with Crippen molar-refractivity contribution in [3.63, 3.8) is 0 Å². The molecule has 0 radical (unpaired) electrons. The van der Waals surface area contributed by atoms with Crippen molar-refractivity contribution in [2.75, 3.05) is 20.2 Å². The first-order valence-electron chi connectivity index (χ1n) is 14.0. The summed E-state index contributed by atoms with van der Waals surface area (Å²) in [6.07, 6.45) is 6.14. The Morgan fingerprint density at radius 2 is 1.71 bits per heavy atom. The quantitative estimate of drug-likeness (QED) is 0.0901. The minimum absolute atomic E-state index is 0. The average Bonchev–Trinajstić information content (AvgIpc) is 3.05. The Labute approximate surface area is 257 Å². The van der Waals surface area contributed by atoms with Crippen molar-refractivity contribution in [1.29, 1.82) is 0 Å². The Hall–Kier alpha value is -2.62. The number of piperidine rings is 3. The summed E-state index contributed by atoms with van der Waals surface area (Å²) in [6.45, 7) is 11.1. The van der Waals surface area contributed by atoms with Crippen molar-refractivity contribution in [1.82, 2.24) is 9.88 Å². The summed E-state index contributed by atoms with van der Waals surface area (Å²) < 4.78 is 20.8. The van der Waals surface area contributed by atoms with E-state index < -0.39 is 7.29 Å². The summed E-state index contributed by atoms with van der Waals surface area (Å²) in [4.78, 5) is 7.19. The van der Waals surface area contributed by atoms with E-state index in [4.69, 9.17) is 9.82 Å². The van der Waals surface area contributed by atoms with Crippen LogP contribution in [0.4, 0.5) is 0 Å². The van der Waals surface area contributed by atoms with E-state index in [1.54, 1.807) is 14.0 Å². The maximum absolute atomic E-state index is 15.2. The van der Waals surface area contributed by atoms with Crippen LogP contribution in [0.25, 0.3) is 16.0 Å². The van der Waals surface area contributed by atoms with Gasteiger partial charge in [0.1, 0.15) is 5.75 Å². The van der Waals surface area contributed by atoms with Crippen molar-refractivity contribution >= 4 is 28.8 Å². The zero-order valence-electron chi connectivity index (χ0n) is 24.1. The maximum atomic E-state index is 15.2. The van der Waals surface area contributed by atoms with Crippen molar-refractivity contribution in [3.8, 4) is 5.75 Å². The molecule has 0 N–H and O–H groups in total. The molecule has 4 aromatic rings. The molecule has 5 atom stereocenters. The van der Waals surface area contributed by atoms with Crippen molar-refractivity contribution in [2.24, 2.45) is 11.8 Å². The largest absolute Gasteiger partial charge is 2.00 e. The van der Waals surface area contributed by atoms with Gasteiger partial charge in [-0.2, -0.15) is 6.92 Å². The van der Waals surface area contributed by atoms with Gasteiger partial charge < -0.3 is 26.2 Å². The van der Waals surface area contributed by atoms with E-state index in [2.05, 4.69) is 35.5 Å². The summed E-state index contributed by atoms with van der Waals surface area (Å²) in [6, 6.07) is 27.4. The Morgan fingerprint density at radius 1 is 1.05 bits per heavy atom. The third kappa shape index (κ3) is 6.27. The number of aromatic nitrogens is 1. The van der Waals surface area contributed by atoms with Gasteiger partial charge in [-0.25, -0.2) is 0 Å². The molecule has 3 aliphatic rings. The third-order valence-corrected chi connectivity index (χ3v) is 10.9. The zero-order valence-corrected chi connectivity index (χ0v) is 28.0. The van der Waals surface area contributed by atoms with E-state index in [0.717, 1.165) is 52.3 Å². The molecule has 1 unspecified atom stereocenters. The second kappa shape index (κ2) is 14.0. The molecule has 0 amide bonds. The van der Waals surface area contributed by atoms with Crippen LogP contribution in [0.1, 0.15) is 31.4 Å². The summed E-state index contributed by atoms with van der Waals surface area (Å²) in [5.74, 6) is 1.83. The molecule has 5 nitrogen and oxygen atoms in total. The number of rotatable bonds is 8. The molecule has 3 fully saturated rings. The molecular weight excluding hydrogens is 579 g/mol. The van der Waals surface area contributed by atoms with Crippen LogP contribution < -0.4 is 15.3 Å². The average molecular weight is 617 g/mol. The van der Waals surface area contributed by atoms with Gasteiger partial charge in [-0.15, -0.1) is 6.58 Å². The molecule has 7 heteroatoms. The molecular formula is C34H38N3O2PZn. The van der Waals surface area contributed by atoms with Gasteiger partial charge >= 0.3 is 19.5 Å². The van der Waals surface area contributed by atoms with Crippen LogP contribution in [0.2, 0.25) is 0 Å². The molecule has 0 saturated carbocycles. The van der Waals surface area contributed by atoms with Crippen LogP contribution in [0, 0.1) is 18.8 Å². The van der Waals surface area contributed by atoms with Crippen LogP contribution in [0.3, 0.4) is 0 Å². The fourth-order valence-corrected chi connectivity index (χ4v) is 8.65. The van der Waals surface area contributed by atoms with Gasteiger partial charge in [-0.1, -0.05) is 78.3 Å². The van der Waals surface area contributed by atoms with Gasteiger partial charge in [0.2, 0.25) is 0 Å². The number of benzene rings is 3. The first-order chi connectivity index (χ1) is 19.6. The number of hydrogen-bond donors (Lipinski definition) is 0. The van der Waals surface area contributed by atoms with Crippen molar-refractivity contribution in [3.05, 3.63) is 121 Å². The molecule has 0 aliphatic carbocycles. The van der Waals surface area contributed by atoms with E-state index in [0.29, 0.717) is 11.8 Å². The van der Waals surface area contributed by atoms with Gasteiger partial charge in [-0.05, 0) is 72.1 Å². The predicted molar refractivity (Wildman–Crippen MR) is 167 cm³/mol. The Bertz CT molecular complexity index is 1440. The molecule has 1 aromatic heterocycles. The molecule has 208 valence electrons. The minimum Gasteiger partial charge on any atom is -0.588 e. The monoisotopic (exact) mass is 615 g/mol. The van der Waals surface area contributed by atoms with E-state index in [9.17, 15) is 0 Å². The summed E-state index contributed by atoms with van der Waals surface area (Å²) in [5, 5.41) is 7.95. The van der Waals surface area contributed by atoms with Gasteiger partial charge in [0, 0.05) is 18.1 Å². The Morgan fingerprint density at radius 3 is 2.27 bits per heavy atom. The topological polar surface area (TPSA) is 56.5 Å². The minimum atomic E-state index is -3.33. The molecule has 41 heavy (non-hydrogen) atoms. The normalized spacial score (nSPS) is 22.1. The Balaban J connectivity index is 0.00000126. The van der Waals surface area contributed by atoms with Gasteiger partial charge in [-0.3, -0.25) is 4.98 Å². The van der Waals surface area contributed by atoms with E-state index >= 15 is 4.57 Å². The number of ether oxygens (including phenoxy) is 1. The molecule has 7 rings (SSSR count). The van der Waals surface area contributed by atoms with Gasteiger partial charge in [0.15, 0.2) is 0 Å². The molecule has 4 heterocycles. The molecule has 3 saturated heterocycles. The Kier molecular flexibility index (Phi) is 10.7. The van der Waals surface area contributed by atoms with Gasteiger partial charge in [0.25, 0.3) is 0 Å². The van der Waals surface area contributed by atoms with Crippen molar-refractivity contribution < 1.29 is 28.8 Å². The number of methoxy groups -OCH3 is 1. The molecule has 3 aliphatic heterocycles. The third-order valence-electron chi connectivity index (χ3n) is 8.32. The van der Waals surface area contributed by atoms with E-state index in [1.807, 2.05) is 85.1 Å². The summed E-state index contributed by atoms with van der Waals surface area (Å²) in [7, 11) is -1.65.